The van der Waals surface area contributed by atoms with Gasteiger partial charge in [0.1, 0.15) is 30.8 Å². The van der Waals surface area contributed by atoms with Crippen LogP contribution < -0.4 is 14.8 Å². The van der Waals surface area contributed by atoms with Crippen LogP contribution in [-0.4, -0.2) is 54.8 Å². The van der Waals surface area contributed by atoms with E-state index < -0.39 is 0 Å². The molecule has 0 radical (unpaired) electrons. The summed E-state index contributed by atoms with van der Waals surface area (Å²) >= 11 is 0. The molecular formula is C18H22N4O3. The van der Waals surface area contributed by atoms with Gasteiger partial charge in [-0.15, -0.1) is 0 Å². The zero-order valence-electron chi connectivity index (χ0n) is 14.3. The van der Waals surface area contributed by atoms with Gasteiger partial charge in [-0.25, -0.2) is 4.98 Å². The molecule has 0 unspecified atom stereocenters. The topological polar surface area (TPSA) is 68.7 Å². The predicted molar refractivity (Wildman–Crippen MR) is 93.0 cm³/mol. The van der Waals surface area contributed by atoms with E-state index in [0.717, 1.165) is 42.6 Å². The van der Waals surface area contributed by atoms with Crippen molar-refractivity contribution in [3.05, 3.63) is 41.9 Å². The molecule has 1 N–H and O–H groups in total. The van der Waals surface area contributed by atoms with Crippen molar-refractivity contribution in [3.63, 3.8) is 0 Å². The summed E-state index contributed by atoms with van der Waals surface area (Å²) in [7, 11) is 1.85. The quantitative estimate of drug-likeness (QED) is 0.909. The molecule has 7 heteroatoms. The molecule has 25 heavy (non-hydrogen) atoms. The van der Waals surface area contributed by atoms with E-state index in [1.165, 1.54) is 5.56 Å². The first-order valence-corrected chi connectivity index (χ1v) is 8.54. The van der Waals surface area contributed by atoms with Crippen LogP contribution in [-0.2, 0) is 11.3 Å². The molecule has 1 aromatic heterocycles. The molecular weight excluding hydrogens is 320 g/mol. The van der Waals surface area contributed by atoms with Crippen molar-refractivity contribution >= 4 is 5.82 Å². The van der Waals surface area contributed by atoms with Gasteiger partial charge in [0.15, 0.2) is 11.5 Å². The van der Waals surface area contributed by atoms with Crippen LogP contribution in [0.25, 0.3) is 0 Å². The molecule has 4 rings (SSSR count). The predicted octanol–water partition coefficient (Wildman–Crippen LogP) is 1.86. The molecule has 0 saturated carbocycles. The molecule has 1 saturated heterocycles. The van der Waals surface area contributed by atoms with Gasteiger partial charge in [0.05, 0.1) is 6.61 Å². The minimum Gasteiger partial charge on any atom is -0.486 e. The molecule has 1 aromatic carbocycles. The number of hydrogen-bond donors (Lipinski definition) is 1. The van der Waals surface area contributed by atoms with E-state index in [0.29, 0.717) is 19.8 Å². The zero-order valence-corrected chi connectivity index (χ0v) is 14.3. The second kappa shape index (κ2) is 7.25. The average Bonchev–Trinajstić information content (AvgIpc) is 2.68. The summed E-state index contributed by atoms with van der Waals surface area (Å²) in [5.74, 6) is 2.43. The van der Waals surface area contributed by atoms with Crippen molar-refractivity contribution in [1.29, 1.82) is 0 Å². The Bertz CT molecular complexity index is 740. The van der Waals surface area contributed by atoms with Crippen LogP contribution in [0.4, 0.5) is 5.82 Å². The zero-order chi connectivity index (χ0) is 17.1. The van der Waals surface area contributed by atoms with Gasteiger partial charge in [0.2, 0.25) is 0 Å². The number of nitrogens with zero attached hydrogens (tertiary/aromatic N) is 3. The lowest BCUT2D eigenvalue weighted by Crippen LogP contribution is -2.38. The highest BCUT2D eigenvalue weighted by atomic mass is 16.6. The maximum absolute atomic E-state index is 5.94. The SMILES string of the molecule is CNc1nccnc1[C@@H]1CN(Cc2ccc3c(c2)OCCO3)CCO1. The van der Waals surface area contributed by atoms with E-state index >= 15 is 0 Å². The third kappa shape index (κ3) is 3.52. The van der Waals surface area contributed by atoms with Crippen LogP contribution in [0.1, 0.15) is 17.4 Å². The van der Waals surface area contributed by atoms with E-state index in [2.05, 4.69) is 32.3 Å². The van der Waals surface area contributed by atoms with E-state index in [1.54, 1.807) is 12.4 Å². The molecule has 2 aromatic rings. The number of nitrogens with one attached hydrogen (secondary N) is 1. The number of ether oxygens (including phenoxy) is 3. The fourth-order valence-corrected chi connectivity index (χ4v) is 3.23. The number of fused-ring (bicyclic) bond motifs is 1. The van der Waals surface area contributed by atoms with Crippen LogP contribution in [0.2, 0.25) is 0 Å². The standard InChI is InChI=1S/C18H22N4O3/c1-19-18-17(20-4-5-21-18)16-12-22(6-7-23-16)11-13-2-3-14-15(10-13)25-9-8-24-14/h2-5,10,16H,6-9,11-12H2,1H3,(H,19,21)/t16-/m0/s1. The summed E-state index contributed by atoms with van der Waals surface area (Å²) in [5, 5.41) is 3.09. The van der Waals surface area contributed by atoms with Gasteiger partial charge >= 0.3 is 0 Å². The lowest BCUT2D eigenvalue weighted by molar-refractivity contribution is -0.0347. The van der Waals surface area contributed by atoms with Gasteiger partial charge in [-0.05, 0) is 17.7 Å². The van der Waals surface area contributed by atoms with Crippen LogP contribution in [0.5, 0.6) is 11.5 Å². The van der Waals surface area contributed by atoms with E-state index in [-0.39, 0.29) is 6.10 Å². The summed E-state index contributed by atoms with van der Waals surface area (Å²) in [6.45, 7) is 4.40. The Morgan fingerprint density at radius 1 is 1.12 bits per heavy atom. The highest BCUT2D eigenvalue weighted by molar-refractivity contribution is 5.44. The van der Waals surface area contributed by atoms with E-state index in [1.807, 2.05) is 13.1 Å². The maximum Gasteiger partial charge on any atom is 0.161 e. The minimum atomic E-state index is -0.0814. The summed E-state index contributed by atoms with van der Waals surface area (Å²) in [6, 6.07) is 6.16. The number of benzene rings is 1. The third-order valence-corrected chi connectivity index (χ3v) is 4.43. The van der Waals surface area contributed by atoms with Gasteiger partial charge in [-0.1, -0.05) is 6.07 Å². The second-order valence-electron chi connectivity index (χ2n) is 6.11. The Labute approximate surface area is 146 Å². The molecule has 3 heterocycles. The Morgan fingerprint density at radius 3 is 2.84 bits per heavy atom. The van der Waals surface area contributed by atoms with Crippen molar-refractivity contribution < 1.29 is 14.2 Å². The fourth-order valence-electron chi connectivity index (χ4n) is 3.23. The van der Waals surface area contributed by atoms with Crippen molar-refractivity contribution in [2.75, 3.05) is 45.3 Å². The lowest BCUT2D eigenvalue weighted by Gasteiger charge is -2.33. The molecule has 0 spiro atoms. The molecule has 1 atom stereocenters. The lowest BCUT2D eigenvalue weighted by atomic mass is 10.1. The molecule has 2 aliphatic heterocycles. The Kier molecular flexibility index (Phi) is 4.67. The van der Waals surface area contributed by atoms with Crippen LogP contribution in [0, 0.1) is 0 Å². The van der Waals surface area contributed by atoms with Gasteiger partial charge in [0.25, 0.3) is 0 Å². The molecule has 0 bridgehead atoms. The minimum absolute atomic E-state index is 0.0814. The molecule has 2 aliphatic rings. The summed E-state index contributed by atoms with van der Waals surface area (Å²) in [5.41, 5.74) is 2.06. The number of rotatable bonds is 4. The van der Waals surface area contributed by atoms with Crippen molar-refractivity contribution in [2.24, 2.45) is 0 Å². The molecule has 7 nitrogen and oxygen atoms in total. The van der Waals surface area contributed by atoms with Gasteiger partial charge < -0.3 is 19.5 Å². The van der Waals surface area contributed by atoms with E-state index in [4.69, 9.17) is 14.2 Å². The maximum atomic E-state index is 5.94. The number of morpholine rings is 1. The highest BCUT2D eigenvalue weighted by Crippen LogP contribution is 2.32. The first-order chi connectivity index (χ1) is 12.3. The summed E-state index contributed by atoms with van der Waals surface area (Å²) in [4.78, 5) is 11.2. The fraction of sp³-hybridized carbons (Fsp3) is 0.444. The largest absolute Gasteiger partial charge is 0.486 e. The molecule has 0 amide bonds. The van der Waals surface area contributed by atoms with Crippen LogP contribution in [0.15, 0.2) is 30.6 Å². The Morgan fingerprint density at radius 2 is 1.96 bits per heavy atom. The van der Waals surface area contributed by atoms with Crippen molar-refractivity contribution in [3.8, 4) is 11.5 Å². The van der Waals surface area contributed by atoms with Crippen molar-refractivity contribution in [1.82, 2.24) is 14.9 Å². The monoisotopic (exact) mass is 342 g/mol. The van der Waals surface area contributed by atoms with Crippen LogP contribution >= 0.6 is 0 Å². The third-order valence-electron chi connectivity index (χ3n) is 4.43. The number of anilines is 1. The number of aromatic nitrogens is 2. The van der Waals surface area contributed by atoms with Gasteiger partial charge in [-0.3, -0.25) is 9.88 Å². The molecule has 132 valence electrons. The Balaban J connectivity index is 1.46. The first-order valence-electron chi connectivity index (χ1n) is 8.54. The molecule has 1 fully saturated rings. The second-order valence-corrected chi connectivity index (χ2v) is 6.11. The van der Waals surface area contributed by atoms with Crippen molar-refractivity contribution in [2.45, 2.75) is 12.6 Å². The van der Waals surface area contributed by atoms with Gasteiger partial charge in [0, 0.05) is 39.1 Å². The smallest absolute Gasteiger partial charge is 0.161 e. The van der Waals surface area contributed by atoms with E-state index in [9.17, 15) is 0 Å². The van der Waals surface area contributed by atoms with Crippen LogP contribution in [0.3, 0.4) is 0 Å². The normalized spacial score (nSPS) is 20.3. The number of hydrogen-bond acceptors (Lipinski definition) is 7. The summed E-state index contributed by atoms with van der Waals surface area (Å²) < 4.78 is 17.2. The first kappa shape index (κ1) is 16.1. The Hall–Kier alpha value is -2.38. The average molecular weight is 342 g/mol. The molecule has 0 aliphatic carbocycles. The summed E-state index contributed by atoms with van der Waals surface area (Å²) in [6.07, 6.45) is 3.31. The highest BCUT2D eigenvalue weighted by Gasteiger charge is 2.26. The van der Waals surface area contributed by atoms with Gasteiger partial charge in [-0.2, -0.15) is 0 Å².